The molecule has 8 heteroatoms. The van der Waals surface area contributed by atoms with E-state index >= 15 is 0 Å². The Kier molecular flexibility index (Phi) is 5.21. The van der Waals surface area contributed by atoms with E-state index in [0.717, 1.165) is 0 Å². The van der Waals surface area contributed by atoms with Gasteiger partial charge in [-0.2, -0.15) is 0 Å². The molecule has 31 heavy (non-hydrogen) atoms. The van der Waals surface area contributed by atoms with E-state index in [1.807, 2.05) is 0 Å². The second-order valence-corrected chi connectivity index (χ2v) is 6.91. The van der Waals surface area contributed by atoms with Gasteiger partial charge in [0.05, 0.1) is 19.8 Å². The molecule has 4 rings (SSSR count). The van der Waals surface area contributed by atoms with Crippen LogP contribution in [0.2, 0.25) is 0 Å². The van der Waals surface area contributed by atoms with Crippen molar-refractivity contribution in [1.29, 1.82) is 0 Å². The third kappa shape index (κ3) is 3.31. The number of anilines is 1. The average molecular weight is 420 g/mol. The molecule has 3 aromatic rings. The summed E-state index contributed by atoms with van der Waals surface area (Å²) in [5.74, 6) is -0.588. The molecule has 1 N–H and O–H groups in total. The van der Waals surface area contributed by atoms with Gasteiger partial charge in [-0.3, -0.25) is 14.5 Å². The molecule has 158 valence electrons. The quantitative estimate of drug-likeness (QED) is 0.382. The number of carbonyl (C=O) groups excluding carboxylic acids is 2. The van der Waals surface area contributed by atoms with Gasteiger partial charge < -0.3 is 19.1 Å². The maximum absolute atomic E-state index is 13.1. The zero-order chi connectivity index (χ0) is 22.1. The summed E-state index contributed by atoms with van der Waals surface area (Å²) >= 11 is 0. The smallest absolute Gasteiger partial charge is 0.301 e. The molecule has 1 saturated heterocycles. The van der Waals surface area contributed by atoms with Gasteiger partial charge in [-0.1, -0.05) is 47.6 Å². The summed E-state index contributed by atoms with van der Waals surface area (Å²) in [7, 11) is 2.95. The maximum atomic E-state index is 13.1. The van der Waals surface area contributed by atoms with Gasteiger partial charge in [0.1, 0.15) is 17.6 Å². The number of aliphatic hydroxyl groups excluding tert-OH is 1. The van der Waals surface area contributed by atoms with Crippen molar-refractivity contribution in [3.8, 4) is 11.5 Å². The highest BCUT2D eigenvalue weighted by molar-refractivity contribution is 6.51. The molecule has 0 saturated carbocycles. The molecular formula is C23H20N2O6. The van der Waals surface area contributed by atoms with Gasteiger partial charge in [0, 0.05) is 17.2 Å². The summed E-state index contributed by atoms with van der Waals surface area (Å²) in [6.45, 7) is 1.68. The van der Waals surface area contributed by atoms with Crippen LogP contribution in [0, 0.1) is 6.92 Å². The SMILES string of the molecule is COc1cccc(C2C(=C(O)c3ccccc3)C(=O)C(=O)N2c2cc(C)on2)c1OC. The van der Waals surface area contributed by atoms with Gasteiger partial charge >= 0.3 is 5.91 Å². The second kappa shape index (κ2) is 7.98. The molecule has 0 bridgehead atoms. The number of ketones is 1. The van der Waals surface area contributed by atoms with E-state index in [9.17, 15) is 14.7 Å². The van der Waals surface area contributed by atoms with Crippen LogP contribution in [0.5, 0.6) is 11.5 Å². The van der Waals surface area contributed by atoms with E-state index in [4.69, 9.17) is 14.0 Å². The number of aryl methyl sites for hydroxylation is 1. The summed E-state index contributed by atoms with van der Waals surface area (Å²) < 4.78 is 16.1. The van der Waals surface area contributed by atoms with Crippen molar-refractivity contribution in [3.63, 3.8) is 0 Å². The lowest BCUT2D eigenvalue weighted by molar-refractivity contribution is -0.132. The van der Waals surface area contributed by atoms with Crippen LogP contribution in [0.3, 0.4) is 0 Å². The fourth-order valence-electron chi connectivity index (χ4n) is 3.71. The Morgan fingerprint density at radius 3 is 2.42 bits per heavy atom. The molecule has 1 fully saturated rings. The van der Waals surface area contributed by atoms with Gasteiger partial charge in [0.15, 0.2) is 17.3 Å². The first-order chi connectivity index (χ1) is 15.0. The highest BCUT2D eigenvalue weighted by atomic mass is 16.5. The van der Waals surface area contributed by atoms with Gasteiger partial charge in [-0.25, -0.2) is 0 Å². The van der Waals surface area contributed by atoms with Crippen LogP contribution in [0.1, 0.15) is 22.9 Å². The predicted octanol–water partition coefficient (Wildman–Crippen LogP) is 3.63. The van der Waals surface area contributed by atoms with E-state index in [1.165, 1.54) is 19.1 Å². The number of ether oxygens (including phenoxy) is 2. The number of aliphatic hydroxyl groups is 1. The molecule has 1 atom stereocenters. The number of aromatic nitrogens is 1. The molecular weight excluding hydrogens is 400 g/mol. The first-order valence-corrected chi connectivity index (χ1v) is 9.48. The number of hydrogen-bond acceptors (Lipinski definition) is 7. The number of carbonyl (C=O) groups is 2. The Labute approximate surface area is 178 Å². The third-order valence-corrected chi connectivity index (χ3v) is 5.08. The standard InChI is InChI=1S/C23H20N2O6/c1-13-12-17(24-31-13)25-19(15-10-7-11-16(29-2)22(15)30-3)18(21(27)23(25)28)20(26)14-8-5-4-6-9-14/h4-12,19,26H,1-3H3. The molecule has 2 aromatic carbocycles. The van der Waals surface area contributed by atoms with E-state index in [2.05, 4.69) is 5.16 Å². The number of nitrogens with zero attached hydrogens (tertiary/aromatic N) is 2. The van der Waals surface area contributed by atoms with Crippen LogP contribution in [0.4, 0.5) is 5.82 Å². The van der Waals surface area contributed by atoms with E-state index in [0.29, 0.717) is 28.4 Å². The van der Waals surface area contributed by atoms with Crippen LogP contribution in [-0.2, 0) is 9.59 Å². The molecule has 1 unspecified atom stereocenters. The normalized spacial score (nSPS) is 17.8. The lowest BCUT2D eigenvalue weighted by atomic mass is 9.94. The minimum atomic E-state index is -1.00. The first-order valence-electron chi connectivity index (χ1n) is 9.48. The van der Waals surface area contributed by atoms with Crippen LogP contribution >= 0.6 is 0 Å². The molecule has 0 spiro atoms. The highest BCUT2D eigenvalue weighted by Crippen LogP contribution is 2.46. The lowest BCUT2D eigenvalue weighted by Crippen LogP contribution is -2.30. The van der Waals surface area contributed by atoms with Crippen molar-refractivity contribution in [1.82, 2.24) is 5.16 Å². The zero-order valence-corrected chi connectivity index (χ0v) is 17.2. The van der Waals surface area contributed by atoms with Crippen molar-refractivity contribution in [2.24, 2.45) is 0 Å². The van der Waals surface area contributed by atoms with Crippen LogP contribution in [0.25, 0.3) is 5.76 Å². The van der Waals surface area contributed by atoms with Crippen LogP contribution < -0.4 is 14.4 Å². The zero-order valence-electron chi connectivity index (χ0n) is 17.2. The number of hydrogen-bond donors (Lipinski definition) is 1. The Morgan fingerprint density at radius 1 is 1.06 bits per heavy atom. The predicted molar refractivity (Wildman–Crippen MR) is 112 cm³/mol. The van der Waals surface area contributed by atoms with Crippen LogP contribution in [0.15, 0.2) is 64.7 Å². The highest BCUT2D eigenvalue weighted by Gasteiger charge is 2.49. The molecule has 8 nitrogen and oxygen atoms in total. The molecule has 0 radical (unpaired) electrons. The summed E-state index contributed by atoms with van der Waals surface area (Å²) in [4.78, 5) is 27.4. The van der Waals surface area contributed by atoms with E-state index < -0.39 is 17.7 Å². The molecule has 1 aliphatic heterocycles. The molecule has 1 aliphatic rings. The molecule has 1 aromatic heterocycles. The van der Waals surface area contributed by atoms with Crippen molar-refractivity contribution in [2.75, 3.05) is 19.1 Å². The lowest BCUT2D eigenvalue weighted by Gasteiger charge is -2.25. The minimum absolute atomic E-state index is 0.0802. The van der Waals surface area contributed by atoms with Crippen molar-refractivity contribution in [3.05, 3.63) is 77.1 Å². The number of rotatable bonds is 5. The average Bonchev–Trinajstić information content (AvgIpc) is 3.33. The van der Waals surface area contributed by atoms with Gasteiger partial charge in [0.25, 0.3) is 5.78 Å². The fraction of sp³-hybridized carbons (Fsp3) is 0.174. The number of amides is 1. The number of Topliss-reactive ketones (excluding diaryl/α,β-unsaturated/α-hetero) is 1. The largest absolute Gasteiger partial charge is 0.507 e. The summed E-state index contributed by atoms with van der Waals surface area (Å²) in [6, 6.07) is 14.2. The van der Waals surface area contributed by atoms with Crippen LogP contribution in [-0.4, -0.2) is 36.2 Å². The van der Waals surface area contributed by atoms with E-state index in [-0.39, 0.29) is 17.2 Å². The van der Waals surface area contributed by atoms with Crippen molar-refractivity contribution >= 4 is 23.3 Å². The molecule has 1 amide bonds. The first kappa shape index (κ1) is 20.2. The van der Waals surface area contributed by atoms with Gasteiger partial charge in [-0.15, -0.1) is 0 Å². The summed E-state index contributed by atoms with van der Waals surface area (Å²) in [5, 5.41) is 15.0. The topological polar surface area (TPSA) is 102 Å². The number of methoxy groups -OCH3 is 2. The van der Waals surface area contributed by atoms with Crippen molar-refractivity contribution in [2.45, 2.75) is 13.0 Å². The minimum Gasteiger partial charge on any atom is -0.507 e. The molecule has 0 aliphatic carbocycles. The van der Waals surface area contributed by atoms with Gasteiger partial charge in [-0.05, 0) is 13.0 Å². The maximum Gasteiger partial charge on any atom is 0.301 e. The summed E-state index contributed by atoms with van der Waals surface area (Å²) in [6.07, 6.45) is 0. The second-order valence-electron chi connectivity index (χ2n) is 6.91. The van der Waals surface area contributed by atoms with Gasteiger partial charge in [0.2, 0.25) is 0 Å². The Hall–Kier alpha value is -4.07. The number of benzene rings is 2. The Balaban J connectivity index is 2.01. The summed E-state index contributed by atoms with van der Waals surface area (Å²) in [5.41, 5.74) is 0.784. The molecule has 2 heterocycles. The van der Waals surface area contributed by atoms with Crippen molar-refractivity contribution < 1.29 is 28.7 Å². The Bertz CT molecular complexity index is 1180. The third-order valence-electron chi connectivity index (χ3n) is 5.08. The fourth-order valence-corrected chi connectivity index (χ4v) is 3.71. The van der Waals surface area contributed by atoms with E-state index in [1.54, 1.807) is 61.5 Å². The number of para-hydroxylation sites is 1. The monoisotopic (exact) mass is 420 g/mol. The Morgan fingerprint density at radius 2 is 1.81 bits per heavy atom.